The number of carboxylic acid groups (broad SMARTS) is 1. The van der Waals surface area contributed by atoms with Crippen LogP contribution >= 0.6 is 23.2 Å². The van der Waals surface area contributed by atoms with Crippen LogP contribution in [0.2, 0.25) is 5.02 Å². The molecule has 0 radical (unpaired) electrons. The number of para-hydroxylation sites is 1. The second-order valence-corrected chi connectivity index (χ2v) is 4.39. The van der Waals surface area contributed by atoms with Gasteiger partial charge in [-0.25, -0.2) is 0 Å². The molecule has 84 valence electrons. The molecule has 1 atom stereocenters. The first kappa shape index (κ1) is 11.3. The molecular weight excluding hydrogens is 249 g/mol. The summed E-state index contributed by atoms with van der Waals surface area (Å²) in [6.07, 6.45) is 1.70. The van der Waals surface area contributed by atoms with E-state index < -0.39 is 11.3 Å². The molecule has 1 aromatic carbocycles. The van der Waals surface area contributed by atoms with E-state index in [4.69, 9.17) is 28.3 Å². The number of carbonyl (C=O) groups is 1. The molecule has 3 nitrogen and oxygen atoms in total. The number of alkyl halides is 1. The smallest absolute Gasteiger partial charge is 0.323 e. The minimum Gasteiger partial charge on any atom is -0.480 e. The van der Waals surface area contributed by atoms with Crippen LogP contribution in [0.1, 0.15) is 0 Å². The molecule has 0 spiro atoms. The number of halogens is 2. The average Bonchev–Trinajstić information content (AvgIpc) is 2.57. The minimum absolute atomic E-state index is 0.199. The zero-order valence-electron chi connectivity index (χ0n) is 8.23. The predicted molar refractivity (Wildman–Crippen MR) is 64.2 cm³/mol. The van der Waals surface area contributed by atoms with Crippen molar-refractivity contribution in [1.29, 1.82) is 0 Å². The number of fused-ring (bicyclic) bond motifs is 1. The van der Waals surface area contributed by atoms with E-state index in [0.717, 1.165) is 10.9 Å². The maximum Gasteiger partial charge on any atom is 0.323 e. The van der Waals surface area contributed by atoms with Crippen molar-refractivity contribution < 1.29 is 9.90 Å². The standard InChI is InChI=1S/C11H9Cl2NO2/c12-8-5-14(6-9(13)11(15)16)10-4-2-1-3-7(8)10/h1-5,9H,6H2,(H,15,16). The van der Waals surface area contributed by atoms with E-state index in [1.165, 1.54) is 0 Å². The Bertz CT molecular complexity index is 536. The quantitative estimate of drug-likeness (QED) is 0.860. The lowest BCUT2D eigenvalue weighted by atomic mass is 10.2. The first-order valence-electron chi connectivity index (χ1n) is 4.70. The van der Waals surface area contributed by atoms with Crippen LogP contribution < -0.4 is 0 Å². The van der Waals surface area contributed by atoms with Crippen molar-refractivity contribution in [2.45, 2.75) is 11.9 Å². The zero-order chi connectivity index (χ0) is 11.7. The van der Waals surface area contributed by atoms with Gasteiger partial charge in [-0.2, -0.15) is 0 Å². The summed E-state index contributed by atoms with van der Waals surface area (Å²) in [5.74, 6) is -1.03. The van der Waals surface area contributed by atoms with Gasteiger partial charge >= 0.3 is 5.97 Å². The van der Waals surface area contributed by atoms with Gasteiger partial charge in [0.05, 0.1) is 5.02 Å². The van der Waals surface area contributed by atoms with Gasteiger partial charge in [0, 0.05) is 23.6 Å². The van der Waals surface area contributed by atoms with Gasteiger partial charge in [-0.15, -0.1) is 11.6 Å². The number of nitrogens with zero attached hydrogens (tertiary/aromatic N) is 1. The summed E-state index contributed by atoms with van der Waals surface area (Å²) < 4.78 is 1.75. The topological polar surface area (TPSA) is 42.2 Å². The number of aromatic nitrogens is 1. The molecule has 0 aliphatic heterocycles. The third kappa shape index (κ3) is 2.01. The summed E-state index contributed by atoms with van der Waals surface area (Å²) in [4.78, 5) is 10.7. The fraction of sp³-hybridized carbons (Fsp3) is 0.182. The fourth-order valence-electron chi connectivity index (χ4n) is 1.60. The van der Waals surface area contributed by atoms with Gasteiger partial charge < -0.3 is 9.67 Å². The maximum atomic E-state index is 10.7. The first-order valence-corrected chi connectivity index (χ1v) is 5.51. The Morgan fingerprint density at radius 3 is 2.81 bits per heavy atom. The van der Waals surface area contributed by atoms with Gasteiger partial charge in [-0.05, 0) is 6.07 Å². The highest BCUT2D eigenvalue weighted by atomic mass is 35.5. The van der Waals surface area contributed by atoms with Crippen LogP contribution in [0.3, 0.4) is 0 Å². The van der Waals surface area contributed by atoms with Crippen molar-refractivity contribution >= 4 is 40.1 Å². The summed E-state index contributed by atoms with van der Waals surface area (Å²) >= 11 is 11.7. The lowest BCUT2D eigenvalue weighted by Crippen LogP contribution is -2.19. The summed E-state index contributed by atoms with van der Waals surface area (Å²) in [5, 5.41) is 9.29. The van der Waals surface area contributed by atoms with Crippen molar-refractivity contribution in [1.82, 2.24) is 4.57 Å². The third-order valence-electron chi connectivity index (χ3n) is 2.36. The maximum absolute atomic E-state index is 10.7. The highest BCUT2D eigenvalue weighted by Gasteiger charge is 2.16. The van der Waals surface area contributed by atoms with Crippen molar-refractivity contribution in [2.75, 3.05) is 0 Å². The van der Waals surface area contributed by atoms with Crippen LogP contribution in [0.25, 0.3) is 10.9 Å². The first-order chi connectivity index (χ1) is 7.59. The molecule has 2 aromatic rings. The normalized spacial score (nSPS) is 12.9. The van der Waals surface area contributed by atoms with Gasteiger partial charge in [-0.1, -0.05) is 29.8 Å². The van der Waals surface area contributed by atoms with Crippen LogP contribution in [0.5, 0.6) is 0 Å². The van der Waals surface area contributed by atoms with E-state index in [2.05, 4.69) is 0 Å². The predicted octanol–water partition coefficient (Wildman–Crippen LogP) is 2.99. The molecule has 0 fully saturated rings. The van der Waals surface area contributed by atoms with Gasteiger partial charge in [0.15, 0.2) is 0 Å². The van der Waals surface area contributed by atoms with Crippen molar-refractivity contribution in [3.63, 3.8) is 0 Å². The Balaban J connectivity index is 2.42. The third-order valence-corrected chi connectivity index (χ3v) is 2.99. The van der Waals surface area contributed by atoms with E-state index in [1.807, 2.05) is 24.3 Å². The Labute approximate surface area is 102 Å². The van der Waals surface area contributed by atoms with Crippen LogP contribution in [-0.2, 0) is 11.3 Å². The molecule has 0 aliphatic carbocycles. The summed E-state index contributed by atoms with van der Waals surface area (Å²) in [6.45, 7) is 0.199. The molecule has 5 heteroatoms. The Morgan fingerprint density at radius 2 is 2.12 bits per heavy atom. The SMILES string of the molecule is O=C(O)C(Cl)Cn1cc(Cl)c2ccccc21. The molecule has 0 saturated heterocycles. The number of rotatable bonds is 3. The Hall–Kier alpha value is -1.19. The van der Waals surface area contributed by atoms with Gasteiger partial charge in [0.1, 0.15) is 5.38 Å². The Kier molecular flexibility index (Phi) is 3.08. The molecule has 0 bridgehead atoms. The van der Waals surface area contributed by atoms with Crippen LogP contribution in [0.4, 0.5) is 0 Å². The monoisotopic (exact) mass is 257 g/mol. The fourth-order valence-corrected chi connectivity index (χ4v) is 2.03. The summed E-state index contributed by atoms with van der Waals surface area (Å²) in [7, 11) is 0. The van der Waals surface area contributed by atoms with Gasteiger partial charge in [0.25, 0.3) is 0 Å². The van der Waals surface area contributed by atoms with Crippen LogP contribution in [-0.4, -0.2) is 21.0 Å². The number of hydrogen-bond donors (Lipinski definition) is 1. The van der Waals surface area contributed by atoms with Crippen LogP contribution in [0, 0.1) is 0 Å². The molecule has 0 saturated carbocycles. The van der Waals surface area contributed by atoms with Crippen molar-refractivity contribution in [3.8, 4) is 0 Å². The van der Waals surface area contributed by atoms with Crippen molar-refractivity contribution in [3.05, 3.63) is 35.5 Å². The van der Waals surface area contributed by atoms with Gasteiger partial charge in [-0.3, -0.25) is 4.79 Å². The molecule has 1 heterocycles. The lowest BCUT2D eigenvalue weighted by Gasteiger charge is -2.07. The number of hydrogen-bond acceptors (Lipinski definition) is 1. The van der Waals surface area contributed by atoms with E-state index in [9.17, 15) is 4.79 Å². The molecule has 0 aliphatic rings. The number of aliphatic carboxylic acids is 1. The largest absolute Gasteiger partial charge is 0.480 e. The molecule has 16 heavy (non-hydrogen) atoms. The molecule has 1 aromatic heterocycles. The second-order valence-electron chi connectivity index (χ2n) is 3.45. The molecule has 1 unspecified atom stereocenters. The second kappa shape index (κ2) is 4.36. The number of carboxylic acids is 1. The van der Waals surface area contributed by atoms with E-state index in [1.54, 1.807) is 10.8 Å². The molecule has 1 N–H and O–H groups in total. The molecule has 2 rings (SSSR count). The minimum atomic E-state index is -1.03. The highest BCUT2D eigenvalue weighted by molar-refractivity contribution is 6.35. The molecule has 0 amide bonds. The van der Waals surface area contributed by atoms with Crippen molar-refractivity contribution in [2.24, 2.45) is 0 Å². The van der Waals surface area contributed by atoms with Gasteiger partial charge in [0.2, 0.25) is 0 Å². The highest BCUT2D eigenvalue weighted by Crippen LogP contribution is 2.25. The summed E-state index contributed by atoms with van der Waals surface area (Å²) in [6, 6.07) is 7.53. The summed E-state index contributed by atoms with van der Waals surface area (Å²) in [5.41, 5.74) is 0.888. The van der Waals surface area contributed by atoms with Crippen LogP contribution in [0.15, 0.2) is 30.5 Å². The average molecular weight is 258 g/mol. The Morgan fingerprint density at radius 1 is 1.44 bits per heavy atom. The zero-order valence-corrected chi connectivity index (χ0v) is 9.74. The van der Waals surface area contributed by atoms with E-state index in [0.29, 0.717) is 5.02 Å². The molecular formula is C11H9Cl2NO2. The lowest BCUT2D eigenvalue weighted by molar-refractivity contribution is -0.136. The number of benzene rings is 1. The van der Waals surface area contributed by atoms with E-state index >= 15 is 0 Å². The van der Waals surface area contributed by atoms with E-state index in [-0.39, 0.29) is 6.54 Å².